The third-order valence-corrected chi connectivity index (χ3v) is 2.12. The number of ether oxygens (including phenoxy) is 1. The fourth-order valence-electron chi connectivity index (χ4n) is 1.25. The lowest BCUT2D eigenvalue weighted by molar-refractivity contribution is 0.278. The van der Waals surface area contributed by atoms with Crippen molar-refractivity contribution in [2.24, 2.45) is 0 Å². The summed E-state index contributed by atoms with van der Waals surface area (Å²) < 4.78 is 31.4. The van der Waals surface area contributed by atoms with Crippen LogP contribution in [-0.2, 0) is 0 Å². The van der Waals surface area contributed by atoms with Gasteiger partial charge in [0.1, 0.15) is 0 Å². The number of aromatic nitrogens is 1. The van der Waals surface area contributed by atoms with Gasteiger partial charge >= 0.3 is 0 Å². The SMILES string of the molecule is CCCCCOc1nc(NC)c(F)cc1F. The van der Waals surface area contributed by atoms with E-state index in [0.29, 0.717) is 6.61 Å². The van der Waals surface area contributed by atoms with Gasteiger partial charge in [0, 0.05) is 13.1 Å². The van der Waals surface area contributed by atoms with E-state index in [-0.39, 0.29) is 11.7 Å². The molecule has 0 amide bonds. The highest BCUT2D eigenvalue weighted by molar-refractivity contribution is 5.38. The predicted molar refractivity (Wildman–Crippen MR) is 58.7 cm³/mol. The number of unbranched alkanes of at least 4 members (excludes halogenated alkanes) is 2. The van der Waals surface area contributed by atoms with E-state index in [2.05, 4.69) is 17.2 Å². The summed E-state index contributed by atoms with van der Waals surface area (Å²) in [6, 6.07) is 0.772. The summed E-state index contributed by atoms with van der Waals surface area (Å²) >= 11 is 0. The van der Waals surface area contributed by atoms with Gasteiger partial charge in [0.25, 0.3) is 5.88 Å². The molecule has 0 atom stereocenters. The van der Waals surface area contributed by atoms with E-state index in [0.717, 1.165) is 25.3 Å². The lowest BCUT2D eigenvalue weighted by Gasteiger charge is -2.08. The first-order valence-electron chi connectivity index (χ1n) is 5.35. The average molecular weight is 230 g/mol. The van der Waals surface area contributed by atoms with Gasteiger partial charge in [-0.2, -0.15) is 4.98 Å². The molecule has 0 aliphatic rings. The fourth-order valence-corrected chi connectivity index (χ4v) is 1.25. The number of nitrogens with one attached hydrogen (secondary N) is 1. The van der Waals surface area contributed by atoms with Crippen molar-refractivity contribution in [1.29, 1.82) is 0 Å². The molecule has 90 valence electrons. The van der Waals surface area contributed by atoms with E-state index in [1.165, 1.54) is 7.05 Å². The second-order valence-corrected chi connectivity index (χ2v) is 3.41. The van der Waals surface area contributed by atoms with Crippen LogP contribution in [0.3, 0.4) is 0 Å². The topological polar surface area (TPSA) is 34.1 Å². The monoisotopic (exact) mass is 230 g/mol. The van der Waals surface area contributed by atoms with Gasteiger partial charge in [0.15, 0.2) is 17.5 Å². The van der Waals surface area contributed by atoms with Crippen LogP contribution in [0.5, 0.6) is 5.88 Å². The molecule has 0 saturated heterocycles. The van der Waals surface area contributed by atoms with E-state index in [9.17, 15) is 8.78 Å². The Morgan fingerprint density at radius 2 is 2.06 bits per heavy atom. The van der Waals surface area contributed by atoms with Gasteiger partial charge in [-0.25, -0.2) is 8.78 Å². The number of hydrogen-bond acceptors (Lipinski definition) is 3. The summed E-state index contributed by atoms with van der Waals surface area (Å²) in [7, 11) is 1.52. The molecule has 1 aromatic rings. The van der Waals surface area contributed by atoms with Crippen molar-refractivity contribution in [1.82, 2.24) is 4.98 Å². The molecule has 16 heavy (non-hydrogen) atoms. The van der Waals surface area contributed by atoms with Crippen molar-refractivity contribution in [3.63, 3.8) is 0 Å². The average Bonchev–Trinajstić information content (AvgIpc) is 2.27. The third kappa shape index (κ3) is 3.32. The maximum Gasteiger partial charge on any atom is 0.252 e. The zero-order chi connectivity index (χ0) is 12.0. The summed E-state index contributed by atoms with van der Waals surface area (Å²) in [5.74, 6) is -1.65. The standard InChI is InChI=1S/C11H16F2N2O/c1-3-4-5-6-16-11-9(13)7-8(12)10(14-2)15-11/h7H,3-6H2,1-2H3,(H,14,15). The minimum Gasteiger partial charge on any atom is -0.476 e. The second-order valence-electron chi connectivity index (χ2n) is 3.41. The highest BCUT2D eigenvalue weighted by Gasteiger charge is 2.11. The quantitative estimate of drug-likeness (QED) is 0.763. The number of rotatable bonds is 6. The molecular weight excluding hydrogens is 214 g/mol. The molecule has 0 saturated carbocycles. The smallest absolute Gasteiger partial charge is 0.252 e. The lowest BCUT2D eigenvalue weighted by atomic mass is 10.3. The Kier molecular flexibility index (Phi) is 4.95. The summed E-state index contributed by atoms with van der Waals surface area (Å²) in [4.78, 5) is 3.70. The largest absolute Gasteiger partial charge is 0.476 e. The highest BCUT2D eigenvalue weighted by Crippen LogP contribution is 2.20. The van der Waals surface area contributed by atoms with E-state index >= 15 is 0 Å². The van der Waals surface area contributed by atoms with Crippen molar-refractivity contribution in [3.05, 3.63) is 17.7 Å². The Balaban J connectivity index is 2.64. The third-order valence-electron chi connectivity index (χ3n) is 2.12. The van der Waals surface area contributed by atoms with Crippen LogP contribution in [0.15, 0.2) is 6.07 Å². The van der Waals surface area contributed by atoms with Gasteiger partial charge < -0.3 is 10.1 Å². The molecule has 0 radical (unpaired) electrons. The Hall–Kier alpha value is -1.39. The second kappa shape index (κ2) is 6.25. The summed E-state index contributed by atoms with van der Waals surface area (Å²) in [5.41, 5.74) is 0. The molecule has 1 aromatic heterocycles. The molecule has 1 N–H and O–H groups in total. The molecule has 0 aliphatic heterocycles. The van der Waals surface area contributed by atoms with Crippen molar-refractivity contribution in [2.45, 2.75) is 26.2 Å². The molecule has 0 spiro atoms. The zero-order valence-electron chi connectivity index (χ0n) is 9.52. The zero-order valence-corrected chi connectivity index (χ0v) is 9.52. The molecule has 0 aromatic carbocycles. The van der Waals surface area contributed by atoms with Crippen molar-refractivity contribution in [3.8, 4) is 5.88 Å². The van der Waals surface area contributed by atoms with Gasteiger partial charge in [-0.3, -0.25) is 0 Å². The highest BCUT2D eigenvalue weighted by atomic mass is 19.1. The van der Waals surface area contributed by atoms with Crippen LogP contribution in [0.4, 0.5) is 14.6 Å². The summed E-state index contributed by atoms with van der Waals surface area (Å²) in [6.07, 6.45) is 2.91. The molecule has 0 aliphatic carbocycles. The van der Waals surface area contributed by atoms with Crippen LogP contribution in [0.2, 0.25) is 0 Å². The summed E-state index contributed by atoms with van der Waals surface area (Å²) in [6.45, 7) is 2.46. The predicted octanol–water partition coefficient (Wildman–Crippen LogP) is 2.97. The molecule has 0 bridgehead atoms. The van der Waals surface area contributed by atoms with Crippen molar-refractivity contribution >= 4 is 5.82 Å². The van der Waals surface area contributed by atoms with Gasteiger partial charge in [0.2, 0.25) is 0 Å². The Morgan fingerprint density at radius 1 is 1.31 bits per heavy atom. The Bertz CT molecular complexity index is 345. The Morgan fingerprint density at radius 3 is 2.69 bits per heavy atom. The van der Waals surface area contributed by atoms with E-state index in [4.69, 9.17) is 4.74 Å². The normalized spacial score (nSPS) is 10.2. The molecular formula is C11H16F2N2O. The maximum absolute atomic E-state index is 13.2. The van der Waals surface area contributed by atoms with Crippen LogP contribution in [-0.4, -0.2) is 18.6 Å². The minimum absolute atomic E-state index is 0.00751. The number of hydrogen-bond donors (Lipinski definition) is 1. The molecule has 0 fully saturated rings. The number of halogens is 2. The van der Waals surface area contributed by atoms with Crippen LogP contribution < -0.4 is 10.1 Å². The molecule has 1 heterocycles. The Labute approximate surface area is 93.8 Å². The summed E-state index contributed by atoms with van der Waals surface area (Å²) in [5, 5.41) is 2.53. The van der Waals surface area contributed by atoms with E-state index in [1.54, 1.807) is 0 Å². The minimum atomic E-state index is -0.770. The number of nitrogens with zero attached hydrogens (tertiary/aromatic N) is 1. The fraction of sp³-hybridized carbons (Fsp3) is 0.545. The molecule has 5 heteroatoms. The van der Waals surface area contributed by atoms with E-state index < -0.39 is 11.6 Å². The van der Waals surface area contributed by atoms with Crippen LogP contribution in [0.1, 0.15) is 26.2 Å². The molecule has 0 unspecified atom stereocenters. The van der Waals surface area contributed by atoms with E-state index in [1.807, 2.05) is 0 Å². The maximum atomic E-state index is 13.2. The number of pyridine rings is 1. The first kappa shape index (κ1) is 12.7. The van der Waals surface area contributed by atoms with Crippen LogP contribution in [0, 0.1) is 11.6 Å². The van der Waals surface area contributed by atoms with Gasteiger partial charge in [0.05, 0.1) is 6.61 Å². The van der Waals surface area contributed by atoms with Gasteiger partial charge in [-0.05, 0) is 6.42 Å². The van der Waals surface area contributed by atoms with Gasteiger partial charge in [-0.1, -0.05) is 19.8 Å². The van der Waals surface area contributed by atoms with Crippen LogP contribution in [0.25, 0.3) is 0 Å². The van der Waals surface area contributed by atoms with Crippen LogP contribution >= 0.6 is 0 Å². The molecule has 1 rings (SSSR count). The number of anilines is 1. The first-order chi connectivity index (χ1) is 7.69. The first-order valence-corrected chi connectivity index (χ1v) is 5.35. The molecule has 3 nitrogen and oxygen atoms in total. The lowest BCUT2D eigenvalue weighted by Crippen LogP contribution is -2.05. The van der Waals surface area contributed by atoms with Crippen molar-refractivity contribution in [2.75, 3.05) is 19.0 Å². The van der Waals surface area contributed by atoms with Crippen molar-refractivity contribution < 1.29 is 13.5 Å². The van der Waals surface area contributed by atoms with Gasteiger partial charge in [-0.15, -0.1) is 0 Å².